The van der Waals surface area contributed by atoms with Crippen LogP contribution in [-0.4, -0.2) is 64.4 Å². The van der Waals surface area contributed by atoms with E-state index in [1.807, 2.05) is 23.9 Å². The minimum atomic E-state index is -0.00514. The van der Waals surface area contributed by atoms with E-state index in [4.69, 9.17) is 0 Å². The van der Waals surface area contributed by atoms with Gasteiger partial charge >= 0.3 is 0 Å². The zero-order chi connectivity index (χ0) is 19.2. The number of aromatic nitrogens is 2. The van der Waals surface area contributed by atoms with E-state index in [1.54, 1.807) is 11.3 Å². The largest absolute Gasteiger partial charge is 0.347 e. The van der Waals surface area contributed by atoms with Crippen LogP contribution in [-0.2, 0) is 11.3 Å². The maximum Gasteiger partial charge on any atom is 0.234 e. The molecule has 0 radical (unpaired) electrons. The summed E-state index contributed by atoms with van der Waals surface area (Å²) in [6, 6.07) is 8.19. The first-order valence-electron chi connectivity index (χ1n) is 9.66. The Morgan fingerprint density at radius 2 is 1.96 bits per heavy atom. The summed E-state index contributed by atoms with van der Waals surface area (Å²) >= 11 is 5.06. The Kier molecular flexibility index (Phi) is 7.11. The molecule has 0 saturated carbocycles. The van der Waals surface area contributed by atoms with Crippen molar-refractivity contribution >= 4 is 51.6 Å². The van der Waals surface area contributed by atoms with Crippen molar-refractivity contribution < 1.29 is 4.79 Å². The molecule has 1 N–H and O–H groups in total. The molecule has 0 bridgehead atoms. The summed E-state index contributed by atoms with van der Waals surface area (Å²) in [4.78, 5) is 17.1. The van der Waals surface area contributed by atoms with Crippen LogP contribution >= 0.6 is 34.9 Å². The maximum absolute atomic E-state index is 12.4. The Morgan fingerprint density at radius 3 is 2.79 bits per heavy atom. The van der Waals surface area contributed by atoms with Gasteiger partial charge in [0.15, 0.2) is 4.34 Å². The fourth-order valence-corrected chi connectivity index (χ4v) is 6.06. The fourth-order valence-electron chi connectivity index (χ4n) is 3.39. The van der Waals surface area contributed by atoms with Gasteiger partial charge in [-0.1, -0.05) is 35.2 Å². The van der Waals surface area contributed by atoms with Gasteiger partial charge in [0.2, 0.25) is 11.0 Å². The summed E-state index contributed by atoms with van der Waals surface area (Å²) < 4.78 is 0.855. The number of rotatable bonds is 7. The first-order chi connectivity index (χ1) is 13.8. The number of thioether (sulfide) groups is 2. The van der Waals surface area contributed by atoms with Crippen molar-refractivity contribution in [3.63, 3.8) is 0 Å². The Labute approximate surface area is 178 Å². The number of hydrogen-bond donors (Lipinski definition) is 1. The van der Waals surface area contributed by atoms with Gasteiger partial charge in [0.05, 0.1) is 5.75 Å². The molecule has 0 spiro atoms. The molecule has 2 saturated heterocycles. The zero-order valence-electron chi connectivity index (χ0n) is 15.8. The second-order valence-corrected chi connectivity index (χ2v) is 10.4. The molecule has 1 aromatic carbocycles. The summed E-state index contributed by atoms with van der Waals surface area (Å²) in [7, 11) is 0. The second-order valence-electron chi connectivity index (χ2n) is 6.97. The lowest BCUT2D eigenvalue weighted by molar-refractivity contribution is -0.113. The van der Waals surface area contributed by atoms with Gasteiger partial charge in [-0.2, -0.15) is 11.8 Å². The third-order valence-electron chi connectivity index (χ3n) is 4.82. The molecule has 0 unspecified atom stereocenters. The normalized spacial score (nSPS) is 17.8. The van der Waals surface area contributed by atoms with Crippen LogP contribution in [0.3, 0.4) is 0 Å². The molecule has 28 heavy (non-hydrogen) atoms. The van der Waals surface area contributed by atoms with Gasteiger partial charge in [0.25, 0.3) is 0 Å². The summed E-state index contributed by atoms with van der Waals surface area (Å²) in [5.41, 5.74) is 2.11. The smallest absolute Gasteiger partial charge is 0.234 e. The quantitative estimate of drug-likeness (QED) is 0.669. The van der Waals surface area contributed by atoms with Crippen LogP contribution in [0.25, 0.3) is 0 Å². The number of benzene rings is 1. The average molecular weight is 436 g/mol. The molecule has 9 heteroatoms. The molecular formula is C19H25N5OS3. The average Bonchev–Trinajstić information content (AvgIpc) is 3.39. The van der Waals surface area contributed by atoms with Crippen LogP contribution < -0.4 is 10.2 Å². The number of carbonyl (C=O) groups excluding carboxylic acids is 1. The summed E-state index contributed by atoms with van der Waals surface area (Å²) in [5.74, 6) is 2.76. The third kappa shape index (κ3) is 5.62. The Morgan fingerprint density at radius 1 is 1.14 bits per heavy atom. The van der Waals surface area contributed by atoms with Crippen molar-refractivity contribution in [3.05, 3.63) is 29.8 Å². The molecule has 6 nitrogen and oxygen atoms in total. The zero-order valence-corrected chi connectivity index (χ0v) is 18.3. The molecule has 2 aliphatic heterocycles. The lowest BCUT2D eigenvalue weighted by Gasteiger charge is -2.26. The maximum atomic E-state index is 12.4. The van der Waals surface area contributed by atoms with E-state index in [0.717, 1.165) is 47.9 Å². The first-order valence-corrected chi connectivity index (χ1v) is 12.6. The van der Waals surface area contributed by atoms with Crippen LogP contribution in [0.1, 0.15) is 18.4 Å². The van der Waals surface area contributed by atoms with E-state index in [1.165, 1.54) is 41.7 Å². The Hall–Kier alpha value is -1.29. The molecule has 0 atom stereocenters. The Balaban J connectivity index is 1.26. The highest BCUT2D eigenvalue weighted by molar-refractivity contribution is 8.01. The highest BCUT2D eigenvalue weighted by Gasteiger charge is 2.17. The van der Waals surface area contributed by atoms with Crippen LogP contribution in [0.2, 0.25) is 0 Å². The van der Waals surface area contributed by atoms with Crippen LogP contribution in [0.15, 0.2) is 28.6 Å². The summed E-state index contributed by atoms with van der Waals surface area (Å²) in [6.07, 6.45) is 2.44. The van der Waals surface area contributed by atoms with E-state index in [-0.39, 0.29) is 5.91 Å². The van der Waals surface area contributed by atoms with Gasteiger partial charge in [0.1, 0.15) is 0 Å². The molecule has 2 aliphatic rings. The van der Waals surface area contributed by atoms with Crippen molar-refractivity contribution in [3.8, 4) is 0 Å². The van der Waals surface area contributed by atoms with Crippen LogP contribution in [0.4, 0.5) is 10.8 Å². The molecule has 3 heterocycles. The van der Waals surface area contributed by atoms with Gasteiger partial charge in [-0.3, -0.25) is 9.69 Å². The topological polar surface area (TPSA) is 61.4 Å². The number of hydrogen-bond acceptors (Lipinski definition) is 8. The number of nitrogens with zero attached hydrogens (tertiary/aromatic N) is 4. The molecule has 150 valence electrons. The monoisotopic (exact) mass is 435 g/mol. The standard InChI is InChI=1S/C19H25N5OS3/c25-17(14-27-19-22-21-18(28-19)24-6-1-2-7-24)20-16-5-3-4-15(12-16)13-23-8-10-26-11-9-23/h3-5,12H,1-2,6-11,13-14H2,(H,20,25). The lowest BCUT2D eigenvalue weighted by Crippen LogP contribution is -2.31. The molecule has 0 aliphatic carbocycles. The van der Waals surface area contributed by atoms with Gasteiger partial charge in [-0.05, 0) is 30.5 Å². The van der Waals surface area contributed by atoms with E-state index < -0.39 is 0 Å². The summed E-state index contributed by atoms with van der Waals surface area (Å²) in [5, 5.41) is 12.5. The third-order valence-corrected chi connectivity index (χ3v) is 7.88. The first kappa shape index (κ1) is 20.0. The molecule has 2 fully saturated rings. The molecule has 2 aromatic rings. The highest BCUT2D eigenvalue weighted by atomic mass is 32.2. The van der Waals surface area contributed by atoms with Crippen LogP contribution in [0, 0.1) is 0 Å². The minimum absolute atomic E-state index is 0.00514. The molecular weight excluding hydrogens is 410 g/mol. The SMILES string of the molecule is O=C(CSc1nnc(N2CCCC2)s1)Nc1cccc(CN2CCSCC2)c1. The van der Waals surface area contributed by atoms with Crippen LogP contribution in [0.5, 0.6) is 0 Å². The van der Waals surface area contributed by atoms with Gasteiger partial charge in [-0.25, -0.2) is 0 Å². The predicted molar refractivity (Wildman–Crippen MR) is 120 cm³/mol. The highest BCUT2D eigenvalue weighted by Crippen LogP contribution is 2.30. The van der Waals surface area contributed by atoms with Gasteiger partial charge in [0, 0.05) is 49.9 Å². The number of carbonyl (C=O) groups is 1. The second kappa shape index (κ2) is 9.96. The number of amides is 1. The van der Waals surface area contributed by atoms with Crippen molar-refractivity contribution in [2.45, 2.75) is 23.7 Å². The predicted octanol–water partition coefficient (Wildman–Crippen LogP) is 3.42. The van der Waals surface area contributed by atoms with E-state index in [2.05, 4.69) is 37.4 Å². The summed E-state index contributed by atoms with van der Waals surface area (Å²) in [6.45, 7) is 5.35. The number of anilines is 2. The van der Waals surface area contributed by atoms with E-state index >= 15 is 0 Å². The molecule has 4 rings (SSSR count). The minimum Gasteiger partial charge on any atom is -0.347 e. The van der Waals surface area contributed by atoms with E-state index in [0.29, 0.717) is 5.75 Å². The molecule has 1 aromatic heterocycles. The number of nitrogens with one attached hydrogen (secondary N) is 1. The lowest BCUT2D eigenvalue weighted by atomic mass is 10.2. The van der Waals surface area contributed by atoms with E-state index in [9.17, 15) is 4.79 Å². The van der Waals surface area contributed by atoms with Crippen molar-refractivity contribution in [1.29, 1.82) is 0 Å². The molecule has 1 amide bonds. The van der Waals surface area contributed by atoms with Crippen molar-refractivity contribution in [1.82, 2.24) is 15.1 Å². The van der Waals surface area contributed by atoms with Crippen molar-refractivity contribution in [2.75, 3.05) is 53.7 Å². The van der Waals surface area contributed by atoms with Crippen molar-refractivity contribution in [2.24, 2.45) is 0 Å². The van der Waals surface area contributed by atoms with Gasteiger partial charge in [-0.15, -0.1) is 10.2 Å². The van der Waals surface area contributed by atoms with Gasteiger partial charge < -0.3 is 10.2 Å². The Bertz CT molecular complexity index is 787. The fraction of sp³-hybridized carbons (Fsp3) is 0.526.